The van der Waals surface area contributed by atoms with Crippen LogP contribution in [0.1, 0.15) is 22.9 Å². The SMILES string of the molecule is COC(CN1CC(=O)N2[C@H](c3ccc([N+](=O)[O-])cc3)c3[nH]c4ccccc4c3C[C@H]2C1=O)OC. The number of piperazine rings is 1. The molecule has 2 aliphatic rings. The molecule has 2 atom stereocenters. The average molecular weight is 464 g/mol. The third-order valence-corrected chi connectivity index (χ3v) is 6.66. The van der Waals surface area contributed by atoms with E-state index in [0.29, 0.717) is 12.0 Å². The second-order valence-electron chi connectivity index (χ2n) is 8.45. The quantitative estimate of drug-likeness (QED) is 0.340. The Morgan fingerprint density at radius 3 is 2.50 bits per heavy atom. The first-order chi connectivity index (χ1) is 16.4. The molecule has 176 valence electrons. The van der Waals surface area contributed by atoms with Gasteiger partial charge in [0.15, 0.2) is 6.29 Å². The van der Waals surface area contributed by atoms with Gasteiger partial charge >= 0.3 is 0 Å². The number of benzene rings is 2. The molecule has 34 heavy (non-hydrogen) atoms. The van der Waals surface area contributed by atoms with Gasteiger partial charge in [0.2, 0.25) is 11.8 Å². The van der Waals surface area contributed by atoms with Crippen LogP contribution in [0.4, 0.5) is 5.69 Å². The summed E-state index contributed by atoms with van der Waals surface area (Å²) >= 11 is 0. The molecule has 0 saturated carbocycles. The molecule has 3 heterocycles. The van der Waals surface area contributed by atoms with Gasteiger partial charge in [0.25, 0.3) is 5.69 Å². The number of rotatable bonds is 6. The van der Waals surface area contributed by atoms with Crippen LogP contribution in [0.2, 0.25) is 0 Å². The Balaban J connectivity index is 1.61. The van der Waals surface area contributed by atoms with Crippen molar-refractivity contribution < 1.29 is 24.0 Å². The van der Waals surface area contributed by atoms with E-state index in [9.17, 15) is 19.7 Å². The number of para-hydroxylation sites is 1. The molecule has 10 nitrogen and oxygen atoms in total. The summed E-state index contributed by atoms with van der Waals surface area (Å²) in [4.78, 5) is 44.3. The van der Waals surface area contributed by atoms with Crippen LogP contribution < -0.4 is 0 Å². The molecule has 0 aliphatic carbocycles. The number of carbonyl (C=O) groups is 2. The van der Waals surface area contributed by atoms with Crippen LogP contribution in [-0.2, 0) is 25.5 Å². The molecule has 2 aliphatic heterocycles. The minimum Gasteiger partial charge on any atom is -0.356 e. The number of methoxy groups -OCH3 is 2. The first-order valence-electron chi connectivity index (χ1n) is 10.9. The number of nitro groups is 1. The maximum absolute atomic E-state index is 13.6. The minimum atomic E-state index is -0.706. The molecule has 1 N–H and O–H groups in total. The van der Waals surface area contributed by atoms with Crippen LogP contribution in [0, 0.1) is 10.1 Å². The summed E-state index contributed by atoms with van der Waals surface area (Å²) in [5, 5.41) is 12.2. The number of non-ortho nitro benzene ring substituents is 1. The van der Waals surface area contributed by atoms with Crippen molar-refractivity contribution in [3.63, 3.8) is 0 Å². The molecule has 10 heteroatoms. The summed E-state index contributed by atoms with van der Waals surface area (Å²) < 4.78 is 10.5. The third kappa shape index (κ3) is 3.51. The zero-order chi connectivity index (χ0) is 24.0. The number of carbonyl (C=O) groups excluding carboxylic acids is 2. The van der Waals surface area contributed by atoms with Crippen LogP contribution in [0.25, 0.3) is 10.9 Å². The Hall–Kier alpha value is -3.76. The van der Waals surface area contributed by atoms with Crippen molar-refractivity contribution in [3.05, 3.63) is 75.5 Å². The number of hydrogen-bond acceptors (Lipinski definition) is 6. The summed E-state index contributed by atoms with van der Waals surface area (Å²) in [5.41, 5.74) is 3.37. The van der Waals surface area contributed by atoms with Crippen LogP contribution >= 0.6 is 0 Å². The average Bonchev–Trinajstić information content (AvgIpc) is 3.22. The Kier molecular flexibility index (Phi) is 5.54. The highest BCUT2D eigenvalue weighted by Crippen LogP contribution is 2.42. The Morgan fingerprint density at radius 2 is 1.82 bits per heavy atom. The highest BCUT2D eigenvalue weighted by Gasteiger charge is 2.48. The van der Waals surface area contributed by atoms with Crippen molar-refractivity contribution in [1.82, 2.24) is 14.8 Å². The molecule has 0 radical (unpaired) electrons. The van der Waals surface area contributed by atoms with Crippen molar-refractivity contribution >= 4 is 28.4 Å². The van der Waals surface area contributed by atoms with E-state index >= 15 is 0 Å². The van der Waals surface area contributed by atoms with E-state index < -0.39 is 23.3 Å². The largest absolute Gasteiger partial charge is 0.356 e. The topological polar surface area (TPSA) is 118 Å². The van der Waals surface area contributed by atoms with E-state index in [1.54, 1.807) is 17.0 Å². The fourth-order valence-electron chi connectivity index (χ4n) is 5.03. The van der Waals surface area contributed by atoms with E-state index in [-0.39, 0.29) is 30.6 Å². The molecule has 1 saturated heterocycles. The first kappa shape index (κ1) is 22.1. The second kappa shape index (κ2) is 8.54. The van der Waals surface area contributed by atoms with Gasteiger partial charge in [-0.2, -0.15) is 0 Å². The van der Waals surface area contributed by atoms with Crippen LogP contribution in [-0.4, -0.2) is 71.2 Å². The van der Waals surface area contributed by atoms with Crippen LogP contribution in [0.15, 0.2) is 48.5 Å². The van der Waals surface area contributed by atoms with Crippen molar-refractivity contribution in [3.8, 4) is 0 Å². The number of H-pyrrole nitrogens is 1. The van der Waals surface area contributed by atoms with Crippen molar-refractivity contribution in [2.75, 3.05) is 27.3 Å². The van der Waals surface area contributed by atoms with E-state index in [1.807, 2.05) is 24.3 Å². The molecule has 3 aromatic rings. The first-order valence-corrected chi connectivity index (χ1v) is 10.9. The summed E-state index contributed by atoms with van der Waals surface area (Å²) in [7, 11) is 2.97. The zero-order valence-electron chi connectivity index (χ0n) is 18.8. The number of nitrogens with zero attached hydrogens (tertiary/aromatic N) is 3. The highest BCUT2D eigenvalue weighted by molar-refractivity contribution is 5.97. The van der Waals surface area contributed by atoms with Crippen molar-refractivity contribution in [2.45, 2.75) is 24.8 Å². The van der Waals surface area contributed by atoms with Gasteiger partial charge in [-0.3, -0.25) is 19.7 Å². The van der Waals surface area contributed by atoms with E-state index in [2.05, 4.69) is 4.98 Å². The highest BCUT2D eigenvalue weighted by atomic mass is 16.7. The number of amides is 2. The lowest BCUT2D eigenvalue weighted by molar-refractivity contribution is -0.384. The molecule has 0 unspecified atom stereocenters. The molecule has 2 aromatic carbocycles. The van der Waals surface area contributed by atoms with Gasteiger partial charge < -0.3 is 24.3 Å². The lowest BCUT2D eigenvalue weighted by Crippen LogP contribution is -2.63. The summed E-state index contributed by atoms with van der Waals surface area (Å²) in [5.74, 6) is -0.384. The number of nitro benzene ring substituents is 1. The van der Waals surface area contributed by atoms with Gasteiger partial charge in [0.1, 0.15) is 12.6 Å². The monoisotopic (exact) mass is 464 g/mol. The van der Waals surface area contributed by atoms with Gasteiger partial charge in [-0.05, 0) is 29.3 Å². The third-order valence-electron chi connectivity index (χ3n) is 6.66. The standard InChI is InChI=1S/C24H24N4O6/c1-33-21(34-2)13-26-12-20(29)27-19(24(26)30)11-17-16-5-3-4-6-18(16)25-22(17)23(27)14-7-9-15(10-8-14)28(31)32/h3-10,19,21,23,25H,11-13H2,1-2H3/t19-,23+/m0/s1. The smallest absolute Gasteiger partial charge is 0.269 e. The molecule has 0 bridgehead atoms. The number of ether oxygens (including phenoxy) is 2. The summed E-state index contributed by atoms with van der Waals surface area (Å²) in [6.45, 7) is 0.0441. The molecule has 5 rings (SSSR count). The number of fused-ring (bicyclic) bond motifs is 4. The van der Waals surface area contributed by atoms with Crippen molar-refractivity contribution in [1.29, 1.82) is 0 Å². The fourth-order valence-corrected chi connectivity index (χ4v) is 5.03. The maximum Gasteiger partial charge on any atom is 0.269 e. The van der Waals surface area contributed by atoms with Gasteiger partial charge in [0.05, 0.1) is 17.5 Å². The number of aromatic nitrogens is 1. The number of nitrogens with one attached hydrogen (secondary N) is 1. The number of aromatic amines is 1. The van der Waals surface area contributed by atoms with Gasteiger partial charge in [0, 0.05) is 49.4 Å². The molecule has 2 amide bonds. The molecule has 1 aromatic heterocycles. The normalized spacial score (nSPS) is 20.1. The van der Waals surface area contributed by atoms with Gasteiger partial charge in [-0.1, -0.05) is 18.2 Å². The maximum atomic E-state index is 13.6. The summed E-state index contributed by atoms with van der Waals surface area (Å²) in [6.07, 6.45) is -0.268. The van der Waals surface area contributed by atoms with Gasteiger partial charge in [-0.25, -0.2) is 0 Å². The Morgan fingerprint density at radius 1 is 1.12 bits per heavy atom. The van der Waals surface area contributed by atoms with E-state index in [4.69, 9.17) is 9.47 Å². The lowest BCUT2D eigenvalue weighted by atomic mass is 9.86. The molecule has 0 spiro atoms. The van der Waals surface area contributed by atoms with Gasteiger partial charge in [-0.15, -0.1) is 0 Å². The minimum absolute atomic E-state index is 0.0367. The molecular formula is C24H24N4O6. The molecule has 1 fully saturated rings. The lowest BCUT2D eigenvalue weighted by Gasteiger charge is -2.47. The Bertz CT molecular complexity index is 1270. The van der Waals surface area contributed by atoms with E-state index in [1.165, 1.54) is 31.3 Å². The fraction of sp³-hybridized carbons (Fsp3) is 0.333. The molecular weight excluding hydrogens is 440 g/mol. The van der Waals surface area contributed by atoms with Crippen LogP contribution in [0.5, 0.6) is 0 Å². The van der Waals surface area contributed by atoms with Crippen LogP contribution in [0.3, 0.4) is 0 Å². The summed E-state index contributed by atoms with van der Waals surface area (Å²) in [6, 6.07) is 12.7. The van der Waals surface area contributed by atoms with Crippen molar-refractivity contribution in [2.24, 2.45) is 0 Å². The Labute approximate surface area is 195 Å². The predicted octanol–water partition coefficient (Wildman–Crippen LogP) is 2.38. The predicted molar refractivity (Wildman–Crippen MR) is 122 cm³/mol. The van der Waals surface area contributed by atoms with E-state index in [0.717, 1.165) is 22.2 Å². The zero-order valence-corrected chi connectivity index (χ0v) is 18.8. The number of hydrogen-bond donors (Lipinski definition) is 1. The second-order valence-corrected chi connectivity index (χ2v) is 8.45.